The topological polar surface area (TPSA) is 38.3 Å². The highest BCUT2D eigenvalue weighted by Crippen LogP contribution is 2.18. The van der Waals surface area contributed by atoms with E-state index in [1.165, 1.54) is 0 Å². The second kappa shape index (κ2) is 5.83. The first-order valence-corrected chi connectivity index (χ1v) is 6.32. The van der Waals surface area contributed by atoms with Crippen LogP contribution in [0.3, 0.4) is 0 Å². The molecule has 18 heavy (non-hydrogen) atoms. The van der Waals surface area contributed by atoms with Gasteiger partial charge in [-0.05, 0) is 25.3 Å². The molecular weight excluding hydrogens is 226 g/mol. The van der Waals surface area contributed by atoms with Crippen LogP contribution in [-0.2, 0) is 16.1 Å². The minimum absolute atomic E-state index is 0.171. The van der Waals surface area contributed by atoms with E-state index in [4.69, 9.17) is 4.74 Å². The maximum absolute atomic E-state index is 12.1. The Kier molecular flexibility index (Phi) is 4.15. The van der Waals surface area contributed by atoms with Gasteiger partial charge in [0, 0.05) is 6.54 Å². The van der Waals surface area contributed by atoms with Crippen LogP contribution >= 0.6 is 0 Å². The highest BCUT2D eigenvalue weighted by molar-refractivity contribution is 5.80. The molecule has 3 nitrogen and oxygen atoms in total. The summed E-state index contributed by atoms with van der Waals surface area (Å²) >= 11 is 0. The Bertz CT molecular complexity index is 415. The zero-order valence-electron chi connectivity index (χ0n) is 10.7. The number of carbonyl (C=O) groups excluding carboxylic acids is 1. The molecule has 0 saturated heterocycles. The molecule has 1 heterocycles. The third-order valence-electron chi connectivity index (χ3n) is 3.25. The highest BCUT2D eigenvalue weighted by Gasteiger charge is 2.33. The maximum Gasteiger partial charge on any atom is 0.326 e. The van der Waals surface area contributed by atoms with Crippen molar-refractivity contribution < 1.29 is 9.53 Å². The number of hydrogen-bond donors (Lipinski definition) is 1. The molecule has 0 fully saturated rings. The minimum Gasteiger partial charge on any atom is -0.459 e. The first-order chi connectivity index (χ1) is 8.71. The SMILES string of the molecule is CC1(C(=O)OCc2ccccc2)CCC=CCN1. The van der Waals surface area contributed by atoms with Crippen molar-refractivity contribution in [1.82, 2.24) is 5.32 Å². The number of benzene rings is 1. The lowest BCUT2D eigenvalue weighted by Crippen LogP contribution is -2.49. The fraction of sp³-hybridized carbons (Fsp3) is 0.400. The molecule has 0 radical (unpaired) electrons. The van der Waals surface area contributed by atoms with Crippen LogP contribution < -0.4 is 5.32 Å². The molecule has 1 aliphatic heterocycles. The number of ether oxygens (including phenoxy) is 1. The van der Waals surface area contributed by atoms with E-state index in [2.05, 4.69) is 17.5 Å². The molecule has 1 aromatic carbocycles. The number of allylic oxidation sites excluding steroid dienone is 1. The number of hydrogen-bond acceptors (Lipinski definition) is 3. The van der Waals surface area contributed by atoms with Gasteiger partial charge in [-0.3, -0.25) is 10.1 Å². The van der Waals surface area contributed by atoms with Gasteiger partial charge in [0.15, 0.2) is 0 Å². The average molecular weight is 245 g/mol. The highest BCUT2D eigenvalue weighted by atomic mass is 16.5. The van der Waals surface area contributed by atoms with E-state index in [9.17, 15) is 4.79 Å². The van der Waals surface area contributed by atoms with Gasteiger partial charge in [-0.1, -0.05) is 42.5 Å². The van der Waals surface area contributed by atoms with Gasteiger partial charge in [-0.2, -0.15) is 0 Å². The van der Waals surface area contributed by atoms with Crippen molar-refractivity contribution in [1.29, 1.82) is 0 Å². The summed E-state index contributed by atoms with van der Waals surface area (Å²) in [5, 5.41) is 3.23. The molecule has 0 bridgehead atoms. The fourth-order valence-corrected chi connectivity index (χ4v) is 2.00. The first-order valence-electron chi connectivity index (χ1n) is 6.32. The van der Waals surface area contributed by atoms with Crippen LogP contribution in [0.15, 0.2) is 42.5 Å². The Morgan fingerprint density at radius 3 is 2.89 bits per heavy atom. The van der Waals surface area contributed by atoms with Crippen molar-refractivity contribution >= 4 is 5.97 Å². The number of rotatable bonds is 3. The first kappa shape index (κ1) is 12.8. The molecule has 1 atom stereocenters. The summed E-state index contributed by atoms with van der Waals surface area (Å²) in [6.07, 6.45) is 5.83. The second-order valence-corrected chi connectivity index (χ2v) is 4.78. The molecule has 3 heteroatoms. The third-order valence-corrected chi connectivity index (χ3v) is 3.25. The Hall–Kier alpha value is -1.61. The summed E-state index contributed by atoms with van der Waals surface area (Å²) in [4.78, 5) is 12.1. The van der Waals surface area contributed by atoms with Gasteiger partial charge in [0.1, 0.15) is 12.1 Å². The van der Waals surface area contributed by atoms with E-state index in [1.807, 2.05) is 37.3 Å². The van der Waals surface area contributed by atoms with Crippen LogP contribution in [-0.4, -0.2) is 18.1 Å². The van der Waals surface area contributed by atoms with E-state index in [1.54, 1.807) is 0 Å². The van der Waals surface area contributed by atoms with Gasteiger partial charge in [-0.25, -0.2) is 0 Å². The van der Waals surface area contributed by atoms with E-state index < -0.39 is 5.54 Å². The Balaban J connectivity index is 1.91. The summed E-state index contributed by atoms with van der Waals surface area (Å²) in [7, 11) is 0. The smallest absolute Gasteiger partial charge is 0.326 e. The standard InChI is InChI=1S/C15H19NO2/c1-15(10-6-3-7-11-16-15)14(17)18-12-13-8-4-2-5-9-13/h2-5,7-9,16H,6,10-12H2,1H3. The molecule has 0 amide bonds. The lowest BCUT2D eigenvalue weighted by Gasteiger charge is -2.26. The van der Waals surface area contributed by atoms with Gasteiger partial charge in [-0.15, -0.1) is 0 Å². The molecule has 1 N–H and O–H groups in total. The Morgan fingerprint density at radius 2 is 2.11 bits per heavy atom. The van der Waals surface area contributed by atoms with Gasteiger partial charge in [0.2, 0.25) is 0 Å². The molecule has 1 aromatic rings. The van der Waals surface area contributed by atoms with E-state index >= 15 is 0 Å². The lowest BCUT2D eigenvalue weighted by atomic mass is 9.97. The lowest BCUT2D eigenvalue weighted by molar-refractivity contribution is -0.152. The molecule has 96 valence electrons. The number of nitrogens with one attached hydrogen (secondary N) is 1. The van der Waals surface area contributed by atoms with Crippen LogP contribution in [0.5, 0.6) is 0 Å². The molecule has 2 rings (SSSR count). The molecule has 1 aliphatic rings. The van der Waals surface area contributed by atoms with Crippen molar-refractivity contribution in [2.75, 3.05) is 6.54 Å². The number of carbonyl (C=O) groups is 1. The van der Waals surface area contributed by atoms with Crippen LogP contribution in [0, 0.1) is 0 Å². The largest absolute Gasteiger partial charge is 0.459 e. The molecule has 0 aliphatic carbocycles. The predicted molar refractivity (Wildman–Crippen MR) is 71.0 cm³/mol. The quantitative estimate of drug-likeness (QED) is 0.656. The summed E-state index contributed by atoms with van der Waals surface area (Å²) in [5.41, 5.74) is 0.444. The molecule has 0 aromatic heterocycles. The molecule has 0 spiro atoms. The summed E-state index contributed by atoms with van der Waals surface area (Å²) < 4.78 is 5.40. The summed E-state index contributed by atoms with van der Waals surface area (Å²) in [6, 6.07) is 9.75. The molecule has 1 unspecified atom stereocenters. The monoisotopic (exact) mass is 245 g/mol. The molecule has 0 saturated carbocycles. The fourth-order valence-electron chi connectivity index (χ4n) is 2.00. The van der Waals surface area contributed by atoms with E-state index in [0.29, 0.717) is 6.61 Å². The van der Waals surface area contributed by atoms with Crippen LogP contribution in [0.4, 0.5) is 0 Å². The van der Waals surface area contributed by atoms with Crippen molar-refractivity contribution in [2.45, 2.75) is 31.9 Å². The van der Waals surface area contributed by atoms with Crippen LogP contribution in [0.25, 0.3) is 0 Å². The maximum atomic E-state index is 12.1. The van der Waals surface area contributed by atoms with E-state index in [-0.39, 0.29) is 5.97 Å². The van der Waals surface area contributed by atoms with Gasteiger partial charge < -0.3 is 4.74 Å². The predicted octanol–water partition coefficient (Wildman–Crippen LogP) is 2.43. The van der Waals surface area contributed by atoms with E-state index in [0.717, 1.165) is 24.9 Å². The zero-order valence-corrected chi connectivity index (χ0v) is 10.7. The van der Waals surface area contributed by atoms with Crippen molar-refractivity contribution in [3.05, 3.63) is 48.0 Å². The Labute approximate surface area is 108 Å². The van der Waals surface area contributed by atoms with Gasteiger partial charge in [0.05, 0.1) is 0 Å². The van der Waals surface area contributed by atoms with Crippen molar-refractivity contribution in [2.24, 2.45) is 0 Å². The number of esters is 1. The second-order valence-electron chi connectivity index (χ2n) is 4.78. The van der Waals surface area contributed by atoms with Crippen molar-refractivity contribution in [3.63, 3.8) is 0 Å². The third kappa shape index (κ3) is 3.20. The Morgan fingerprint density at radius 1 is 1.33 bits per heavy atom. The summed E-state index contributed by atoms with van der Waals surface area (Å²) in [5.74, 6) is -0.171. The van der Waals surface area contributed by atoms with Crippen LogP contribution in [0.1, 0.15) is 25.3 Å². The minimum atomic E-state index is -0.571. The zero-order chi connectivity index (χ0) is 12.8. The van der Waals surface area contributed by atoms with Gasteiger partial charge >= 0.3 is 5.97 Å². The average Bonchev–Trinajstić information content (AvgIpc) is 2.63. The van der Waals surface area contributed by atoms with Crippen LogP contribution in [0.2, 0.25) is 0 Å². The summed E-state index contributed by atoms with van der Waals surface area (Å²) in [6.45, 7) is 2.97. The normalized spacial score (nSPS) is 23.4. The van der Waals surface area contributed by atoms with Gasteiger partial charge in [0.25, 0.3) is 0 Å². The molecular formula is C15H19NO2. The van der Waals surface area contributed by atoms with Crippen molar-refractivity contribution in [3.8, 4) is 0 Å².